The van der Waals surface area contributed by atoms with Crippen LogP contribution in [0.4, 0.5) is 5.82 Å². The number of nitrogens with one attached hydrogen (secondary N) is 2. The molecule has 4 aromatic rings. The van der Waals surface area contributed by atoms with Crippen LogP contribution in [0, 0.1) is 11.8 Å². The molecular weight excluding hydrogens is 514 g/mol. The third-order valence-corrected chi connectivity index (χ3v) is 7.07. The first kappa shape index (κ1) is 26.3. The summed E-state index contributed by atoms with van der Waals surface area (Å²) in [5.41, 5.74) is 1.27. The number of aromatic amines is 1. The summed E-state index contributed by atoms with van der Waals surface area (Å²) in [7, 11) is 0. The molecule has 1 atom stereocenters. The Morgan fingerprint density at radius 2 is 1.95 bits per heavy atom. The molecule has 1 saturated heterocycles. The topological polar surface area (TPSA) is 100 Å². The Labute approximate surface area is 231 Å². The number of ether oxygens (including phenoxy) is 1. The molecule has 2 aromatic carbocycles. The van der Waals surface area contributed by atoms with Crippen molar-refractivity contribution in [2.24, 2.45) is 0 Å². The van der Waals surface area contributed by atoms with Crippen molar-refractivity contribution in [1.82, 2.24) is 19.9 Å². The molecule has 0 spiro atoms. The summed E-state index contributed by atoms with van der Waals surface area (Å²) in [5, 5.41) is 4.23. The number of ketones is 1. The van der Waals surface area contributed by atoms with E-state index >= 15 is 0 Å². The summed E-state index contributed by atoms with van der Waals surface area (Å²) in [6, 6.07) is 14.3. The number of para-hydroxylation sites is 1. The number of hydrogen-bond donors (Lipinski definition) is 2. The molecule has 8 nitrogen and oxygen atoms in total. The highest BCUT2D eigenvalue weighted by Gasteiger charge is 2.26. The number of amides is 1. The maximum absolute atomic E-state index is 13.6. The van der Waals surface area contributed by atoms with Gasteiger partial charge in [-0.25, -0.2) is 9.97 Å². The minimum atomic E-state index is -0.264. The van der Waals surface area contributed by atoms with Crippen LogP contribution in [0.25, 0.3) is 11.0 Å². The normalized spacial score (nSPS) is 15.2. The first-order valence-electron chi connectivity index (χ1n) is 12.9. The van der Waals surface area contributed by atoms with Gasteiger partial charge in [-0.05, 0) is 50.0 Å². The molecule has 0 saturated carbocycles. The first-order chi connectivity index (χ1) is 19.0. The zero-order valence-corrected chi connectivity index (χ0v) is 22.3. The molecule has 2 N–H and O–H groups in total. The van der Waals surface area contributed by atoms with Crippen molar-refractivity contribution < 1.29 is 14.3 Å². The van der Waals surface area contributed by atoms with Gasteiger partial charge < -0.3 is 19.9 Å². The number of anilines is 1. The van der Waals surface area contributed by atoms with E-state index in [1.165, 1.54) is 6.33 Å². The van der Waals surface area contributed by atoms with E-state index in [2.05, 4.69) is 32.1 Å². The van der Waals surface area contributed by atoms with Crippen LogP contribution in [0.3, 0.4) is 0 Å². The van der Waals surface area contributed by atoms with Gasteiger partial charge >= 0.3 is 0 Å². The third-order valence-electron chi connectivity index (χ3n) is 6.75. The summed E-state index contributed by atoms with van der Waals surface area (Å²) in [4.78, 5) is 39.9. The standard InChI is InChI=1S/C30H28ClN5O3/c1-2-9-26(37)36-15-8-4-5-10-20(36)17-32-29-27-24(18-33-30(27)35-19-34-29)28(38)23-14-13-22(16-25(23)31)39-21-11-6-3-7-12-21/h3,6-7,11-14,16,18-20H,4-5,8,10,15,17H2,1H3,(H2,32,33,34,35). The number of aromatic nitrogens is 3. The molecule has 0 radical (unpaired) electrons. The quantitative estimate of drug-likeness (QED) is 0.225. The van der Waals surface area contributed by atoms with Crippen molar-refractivity contribution >= 4 is 40.1 Å². The molecule has 5 rings (SSSR count). The second-order valence-corrected chi connectivity index (χ2v) is 9.70. The number of carbonyl (C=O) groups is 2. The van der Waals surface area contributed by atoms with Gasteiger partial charge in [-0.2, -0.15) is 0 Å². The maximum atomic E-state index is 13.6. The predicted molar refractivity (Wildman–Crippen MR) is 151 cm³/mol. The predicted octanol–water partition coefficient (Wildman–Crippen LogP) is 5.84. The smallest absolute Gasteiger partial charge is 0.298 e. The van der Waals surface area contributed by atoms with Crippen LogP contribution in [-0.2, 0) is 4.79 Å². The van der Waals surface area contributed by atoms with Gasteiger partial charge in [0.15, 0.2) is 5.78 Å². The number of halogens is 1. The van der Waals surface area contributed by atoms with Gasteiger partial charge in [0.1, 0.15) is 29.3 Å². The van der Waals surface area contributed by atoms with E-state index in [9.17, 15) is 9.59 Å². The van der Waals surface area contributed by atoms with E-state index in [-0.39, 0.29) is 22.8 Å². The summed E-state index contributed by atoms with van der Waals surface area (Å²) in [6.45, 7) is 2.82. The molecule has 1 amide bonds. The molecule has 1 fully saturated rings. The summed E-state index contributed by atoms with van der Waals surface area (Å²) in [5.74, 6) is 6.68. The second-order valence-electron chi connectivity index (χ2n) is 9.29. The minimum absolute atomic E-state index is 0.0319. The van der Waals surface area contributed by atoms with Crippen LogP contribution in [0.2, 0.25) is 5.02 Å². The number of benzene rings is 2. The molecule has 39 heavy (non-hydrogen) atoms. The fraction of sp³-hybridized carbons (Fsp3) is 0.267. The average Bonchev–Trinajstić information content (AvgIpc) is 3.24. The molecule has 0 bridgehead atoms. The number of nitrogens with zero attached hydrogens (tertiary/aromatic N) is 3. The lowest BCUT2D eigenvalue weighted by Gasteiger charge is -2.28. The van der Waals surface area contributed by atoms with Crippen molar-refractivity contribution in [3.05, 3.63) is 77.2 Å². The molecule has 3 heterocycles. The van der Waals surface area contributed by atoms with E-state index in [1.54, 1.807) is 31.3 Å². The van der Waals surface area contributed by atoms with Crippen molar-refractivity contribution in [3.8, 4) is 23.3 Å². The number of carbonyl (C=O) groups excluding carboxylic acids is 2. The highest BCUT2D eigenvalue weighted by Crippen LogP contribution is 2.31. The minimum Gasteiger partial charge on any atom is -0.457 e. The lowest BCUT2D eigenvalue weighted by molar-refractivity contribution is -0.127. The molecular formula is C30H28ClN5O3. The van der Waals surface area contributed by atoms with Crippen molar-refractivity contribution in [2.45, 2.75) is 38.6 Å². The highest BCUT2D eigenvalue weighted by atomic mass is 35.5. The molecule has 0 aliphatic carbocycles. The van der Waals surface area contributed by atoms with E-state index < -0.39 is 0 Å². The van der Waals surface area contributed by atoms with E-state index in [4.69, 9.17) is 16.3 Å². The Bertz CT molecular complexity index is 1560. The Kier molecular flexibility index (Phi) is 8.09. The monoisotopic (exact) mass is 541 g/mol. The number of rotatable bonds is 7. The van der Waals surface area contributed by atoms with Crippen LogP contribution in [0.15, 0.2) is 61.1 Å². The Morgan fingerprint density at radius 1 is 1.10 bits per heavy atom. The van der Waals surface area contributed by atoms with Gasteiger partial charge in [-0.15, -0.1) is 0 Å². The van der Waals surface area contributed by atoms with Crippen LogP contribution in [-0.4, -0.2) is 50.7 Å². The Hall–Kier alpha value is -4.35. The molecule has 198 valence electrons. The van der Waals surface area contributed by atoms with Gasteiger partial charge in [0.05, 0.1) is 16.0 Å². The van der Waals surface area contributed by atoms with Gasteiger partial charge in [-0.1, -0.05) is 48.6 Å². The fourth-order valence-electron chi connectivity index (χ4n) is 4.84. The summed E-state index contributed by atoms with van der Waals surface area (Å²) in [6.07, 6.45) is 6.99. The molecule has 1 aliphatic heterocycles. The van der Waals surface area contributed by atoms with Crippen molar-refractivity contribution in [2.75, 3.05) is 18.4 Å². The number of H-pyrrole nitrogens is 1. The first-order valence-corrected chi connectivity index (χ1v) is 13.3. The maximum Gasteiger partial charge on any atom is 0.298 e. The molecule has 1 unspecified atom stereocenters. The summed E-state index contributed by atoms with van der Waals surface area (Å²) >= 11 is 6.54. The molecule has 1 aliphatic rings. The lowest BCUT2D eigenvalue weighted by atomic mass is 10.0. The average molecular weight is 542 g/mol. The van der Waals surface area contributed by atoms with E-state index in [0.29, 0.717) is 52.6 Å². The molecule has 9 heteroatoms. The van der Waals surface area contributed by atoms with Gasteiger partial charge in [0.25, 0.3) is 5.91 Å². The lowest BCUT2D eigenvalue weighted by Crippen LogP contribution is -2.43. The number of fused-ring (bicyclic) bond motifs is 1. The molecule has 2 aromatic heterocycles. The Balaban J connectivity index is 1.39. The van der Waals surface area contributed by atoms with Gasteiger partial charge in [0.2, 0.25) is 0 Å². The van der Waals surface area contributed by atoms with E-state index in [1.807, 2.05) is 35.2 Å². The SMILES string of the molecule is CC#CC(=O)N1CCCCCC1CNc1ncnc2[nH]cc(C(=O)c3ccc(Oc4ccccc4)cc3Cl)c12. The fourth-order valence-corrected chi connectivity index (χ4v) is 5.10. The second kappa shape index (κ2) is 12.0. The van der Waals surface area contributed by atoms with Crippen LogP contribution in [0.1, 0.15) is 48.5 Å². The van der Waals surface area contributed by atoms with E-state index in [0.717, 1.165) is 25.7 Å². The van der Waals surface area contributed by atoms with Crippen molar-refractivity contribution in [1.29, 1.82) is 0 Å². The van der Waals surface area contributed by atoms with Gasteiger partial charge in [0, 0.05) is 37.0 Å². The number of likely N-dealkylation sites (tertiary alicyclic amines) is 1. The largest absolute Gasteiger partial charge is 0.457 e. The third kappa shape index (κ3) is 5.89. The van der Waals surface area contributed by atoms with Crippen LogP contribution in [0.5, 0.6) is 11.5 Å². The van der Waals surface area contributed by atoms with Crippen molar-refractivity contribution in [3.63, 3.8) is 0 Å². The highest BCUT2D eigenvalue weighted by molar-refractivity contribution is 6.35. The zero-order valence-electron chi connectivity index (χ0n) is 21.5. The number of hydrogen-bond acceptors (Lipinski definition) is 6. The Morgan fingerprint density at radius 3 is 2.74 bits per heavy atom. The van der Waals surface area contributed by atoms with Crippen LogP contribution < -0.4 is 10.1 Å². The zero-order chi connectivity index (χ0) is 27.2. The summed E-state index contributed by atoms with van der Waals surface area (Å²) < 4.78 is 5.84. The van der Waals surface area contributed by atoms with Crippen LogP contribution >= 0.6 is 11.6 Å². The van der Waals surface area contributed by atoms with Gasteiger partial charge in [-0.3, -0.25) is 9.59 Å².